The maximum absolute atomic E-state index is 11.7. The first kappa shape index (κ1) is 31.1. The van der Waals surface area contributed by atoms with E-state index in [1.54, 1.807) is 0 Å². The predicted molar refractivity (Wildman–Crippen MR) is 199 cm³/mol. The Morgan fingerprint density at radius 2 is 0.913 bits per heavy atom. The molecule has 0 saturated carbocycles. The fraction of sp³-hybridized carbons (Fsp3) is 0.0250. The number of aliphatic hydroxyl groups is 1. The second kappa shape index (κ2) is 14.9. The maximum atomic E-state index is 11.7. The smallest absolute Gasteiger partial charge is 0.318 e. The zero-order valence-electron chi connectivity index (χ0n) is 25.3. The molecule has 0 aliphatic carbocycles. The van der Waals surface area contributed by atoms with E-state index in [1.807, 2.05) is 84.9 Å². The van der Waals surface area contributed by atoms with Crippen molar-refractivity contribution in [3.8, 4) is 0 Å². The van der Waals surface area contributed by atoms with Crippen LogP contribution in [0.15, 0.2) is 193 Å². The summed E-state index contributed by atoms with van der Waals surface area (Å²) in [6.45, 7) is 0. The molecular weight excluding hydrogens is 602 g/mol. The first-order valence-corrected chi connectivity index (χ1v) is 17.8. The molecule has 4 nitrogen and oxygen atoms in total. The molecule has 6 heteroatoms. The van der Waals surface area contributed by atoms with Gasteiger partial charge in [-0.3, -0.25) is 5.73 Å². The molecule has 0 aliphatic heterocycles. The number of thioether (sulfide) groups is 1. The van der Waals surface area contributed by atoms with Crippen LogP contribution in [0, 0.1) is 0 Å². The van der Waals surface area contributed by atoms with E-state index in [2.05, 4.69) is 112 Å². The van der Waals surface area contributed by atoms with Crippen molar-refractivity contribution in [2.75, 3.05) is 0 Å². The summed E-state index contributed by atoms with van der Waals surface area (Å²) in [5, 5.41) is 21.5. The lowest BCUT2D eigenvalue weighted by Crippen LogP contribution is -2.37. The normalized spacial score (nSPS) is 12.2. The van der Waals surface area contributed by atoms with Gasteiger partial charge in [-0.2, -0.15) is 4.58 Å². The minimum absolute atomic E-state index is 0.582. The Labute approximate surface area is 275 Å². The van der Waals surface area contributed by atoms with Crippen molar-refractivity contribution in [1.82, 2.24) is 9.89 Å². The fourth-order valence-corrected chi connectivity index (χ4v) is 10.9. The lowest BCUT2D eigenvalue weighted by molar-refractivity contribution is 0.154. The van der Waals surface area contributed by atoms with Gasteiger partial charge >= 0.3 is 5.17 Å². The minimum Gasteiger partial charge on any atom is -0.369 e. The number of nitrogens with one attached hydrogen (secondary N) is 1. The highest BCUT2D eigenvalue weighted by molar-refractivity contribution is 8.16. The van der Waals surface area contributed by atoms with Gasteiger partial charge < -0.3 is 10.4 Å². The highest BCUT2D eigenvalue weighted by atomic mass is 32.2. The molecular formula is C40H36N3OPS+2. The molecule has 6 rings (SSSR count). The molecule has 0 fully saturated rings. The van der Waals surface area contributed by atoms with Gasteiger partial charge in [0.1, 0.15) is 27.3 Å². The Morgan fingerprint density at radius 3 is 1.30 bits per heavy atom. The van der Waals surface area contributed by atoms with Gasteiger partial charge in [-0.1, -0.05) is 121 Å². The zero-order chi connectivity index (χ0) is 31.6. The molecule has 6 aromatic carbocycles. The highest BCUT2D eigenvalue weighted by Crippen LogP contribution is 2.62. The molecule has 6 aromatic rings. The number of hydrogen-bond donors (Lipinski definition) is 3. The Kier molecular flexibility index (Phi) is 10.1. The van der Waals surface area contributed by atoms with Crippen molar-refractivity contribution < 1.29 is 5.11 Å². The molecule has 0 aromatic heterocycles. The van der Waals surface area contributed by atoms with Crippen molar-refractivity contribution in [3.05, 3.63) is 198 Å². The number of nitrogens with zero attached hydrogens (tertiary/aromatic N) is 1. The topological polar surface area (TPSA) is 61.3 Å². The molecule has 0 bridgehead atoms. The third-order valence-corrected chi connectivity index (χ3v) is 12.9. The van der Waals surface area contributed by atoms with Crippen LogP contribution < -0.4 is 31.5 Å². The van der Waals surface area contributed by atoms with Crippen molar-refractivity contribution in [2.45, 2.75) is 6.23 Å². The monoisotopic (exact) mass is 637 g/mol. The molecule has 0 saturated heterocycles. The molecule has 1 atom stereocenters. The molecule has 46 heavy (non-hydrogen) atoms. The van der Waals surface area contributed by atoms with Crippen LogP contribution in [0.2, 0.25) is 0 Å². The number of nitrogens with two attached hydrogens (primary N) is 1. The van der Waals surface area contributed by atoms with Gasteiger partial charge in [-0.25, -0.2) is 0 Å². The molecule has 226 valence electrons. The van der Waals surface area contributed by atoms with E-state index >= 15 is 0 Å². The third kappa shape index (κ3) is 6.68. The van der Waals surface area contributed by atoms with Crippen molar-refractivity contribution in [3.63, 3.8) is 0 Å². The van der Waals surface area contributed by atoms with Gasteiger partial charge in [0.05, 0.1) is 0 Å². The van der Waals surface area contributed by atoms with Crippen LogP contribution in [0.25, 0.3) is 0 Å². The summed E-state index contributed by atoms with van der Waals surface area (Å²) in [4.78, 5) is 0. The molecule has 0 spiro atoms. The van der Waals surface area contributed by atoms with Gasteiger partial charge in [-0.05, 0) is 72.4 Å². The molecule has 4 N–H and O–H groups in total. The lowest BCUT2D eigenvalue weighted by Gasteiger charge is -2.31. The molecule has 1 unspecified atom stereocenters. The summed E-state index contributed by atoms with van der Waals surface area (Å²) in [5.74, 6) is 0. The summed E-state index contributed by atoms with van der Waals surface area (Å²) in [6.07, 6.45) is -0.955. The highest BCUT2D eigenvalue weighted by Gasteiger charge is 2.50. The molecule has 0 radical (unpaired) electrons. The number of para-hydroxylation sites is 2. The van der Waals surface area contributed by atoms with Crippen LogP contribution in [-0.4, -0.2) is 10.3 Å². The van der Waals surface area contributed by atoms with Crippen LogP contribution in [0.5, 0.6) is 0 Å². The predicted octanol–water partition coefficient (Wildman–Crippen LogP) is 7.64. The Bertz CT molecular complexity index is 1750. The van der Waals surface area contributed by atoms with E-state index in [0.29, 0.717) is 5.17 Å². The summed E-state index contributed by atoms with van der Waals surface area (Å²) >= 11 is 1.44. The summed E-state index contributed by atoms with van der Waals surface area (Å²) in [6, 6.07) is 61.8. The molecule has 0 amide bonds. The maximum Gasteiger partial charge on any atom is 0.318 e. The second-order valence-electron chi connectivity index (χ2n) is 10.6. The standard InChI is InChI=1S/C40H35N3OPS/c41-40(43(33-21-9-2-10-22-33)34-23-11-3-12-24-34)46-31-38(42-39(44)32-19-7-1-8-20-32)45(35-25-13-4-14-26-35,36-27-15-5-16-28-36)37-29-17-6-18-30-37/h1-31,39,41-42,44H/q+1/p+1/b38-31+. The van der Waals surface area contributed by atoms with Crippen molar-refractivity contribution >= 4 is 51.5 Å². The number of hydrogen-bond acceptors (Lipinski definition) is 3. The van der Waals surface area contributed by atoms with E-state index in [-0.39, 0.29) is 0 Å². The van der Waals surface area contributed by atoms with Crippen LogP contribution >= 0.6 is 19.0 Å². The largest absolute Gasteiger partial charge is 0.369 e. The first-order chi connectivity index (χ1) is 22.7. The number of rotatable bonds is 10. The second-order valence-corrected chi connectivity index (χ2v) is 14.9. The van der Waals surface area contributed by atoms with Crippen molar-refractivity contribution in [1.29, 1.82) is 0 Å². The van der Waals surface area contributed by atoms with E-state index in [0.717, 1.165) is 38.3 Å². The summed E-state index contributed by atoms with van der Waals surface area (Å²) in [7, 11) is -2.59. The fourth-order valence-electron chi connectivity index (χ4n) is 5.61. The Hall–Kier alpha value is -4.93. The summed E-state index contributed by atoms with van der Waals surface area (Å²) < 4.78 is 2.06. The number of amidine groups is 1. The zero-order valence-corrected chi connectivity index (χ0v) is 27.0. The number of benzene rings is 6. The van der Waals surface area contributed by atoms with Gasteiger partial charge in [0.25, 0.3) is 0 Å². The number of aliphatic hydroxyl groups excluding tert-OH is 1. The lowest BCUT2D eigenvalue weighted by atomic mass is 10.2. The van der Waals surface area contributed by atoms with Gasteiger partial charge in [0, 0.05) is 11.0 Å². The average Bonchev–Trinajstić information content (AvgIpc) is 3.13. The Balaban J connectivity index is 1.60. The van der Waals surface area contributed by atoms with Crippen LogP contribution in [0.1, 0.15) is 11.8 Å². The summed E-state index contributed by atoms with van der Waals surface area (Å²) in [5.41, 5.74) is 10.6. The van der Waals surface area contributed by atoms with E-state index in [4.69, 9.17) is 5.73 Å². The van der Waals surface area contributed by atoms with Crippen molar-refractivity contribution in [2.24, 2.45) is 5.73 Å². The van der Waals surface area contributed by atoms with Crippen LogP contribution in [0.3, 0.4) is 0 Å². The van der Waals surface area contributed by atoms with Gasteiger partial charge in [-0.15, -0.1) is 0 Å². The Morgan fingerprint density at radius 1 is 0.565 bits per heavy atom. The van der Waals surface area contributed by atoms with E-state index in [9.17, 15) is 5.11 Å². The van der Waals surface area contributed by atoms with Crippen LogP contribution in [0.4, 0.5) is 11.4 Å². The SMILES string of the molecule is NC(S/C=C(\NC(O)c1ccccc1)[P+](c1ccccc1)(c1ccccc1)c1ccccc1)=[N+](c1ccccc1)c1ccccc1. The minimum atomic E-state index is -2.59. The molecule has 0 aliphatic rings. The van der Waals surface area contributed by atoms with Gasteiger partial charge in [0.2, 0.25) is 0 Å². The first-order valence-electron chi connectivity index (χ1n) is 15.1. The average molecular weight is 638 g/mol. The van der Waals surface area contributed by atoms with E-state index in [1.165, 1.54) is 11.8 Å². The molecule has 0 heterocycles. The van der Waals surface area contributed by atoms with E-state index < -0.39 is 13.5 Å². The van der Waals surface area contributed by atoms with Crippen LogP contribution in [-0.2, 0) is 0 Å². The third-order valence-electron chi connectivity index (χ3n) is 7.73. The van der Waals surface area contributed by atoms with Gasteiger partial charge in [0.15, 0.2) is 18.9 Å². The quantitative estimate of drug-likeness (QED) is 0.0475.